The number of anilines is 1. The minimum absolute atomic E-state index is 0.176. The van der Waals surface area contributed by atoms with Crippen LogP contribution in [-0.4, -0.2) is 13.5 Å². The van der Waals surface area contributed by atoms with E-state index in [-0.39, 0.29) is 10.6 Å². The number of nitrogens with zero attached hydrogens (tertiary/aromatic N) is 1. The Morgan fingerprint density at radius 1 is 0.875 bits per heavy atom. The van der Waals surface area contributed by atoms with E-state index < -0.39 is 15.6 Å². The zero-order valence-corrected chi connectivity index (χ0v) is 20.2. The lowest BCUT2D eigenvalue weighted by molar-refractivity contribution is 0.128. The van der Waals surface area contributed by atoms with E-state index in [9.17, 15) is 13.5 Å². The number of halogens is 1. The molecule has 1 N–H and O–H groups in total. The lowest BCUT2D eigenvalue weighted by Gasteiger charge is -2.28. The van der Waals surface area contributed by atoms with Crippen molar-refractivity contribution >= 4 is 49.1 Å². The molecule has 1 heterocycles. The van der Waals surface area contributed by atoms with Gasteiger partial charge in [0.25, 0.3) is 10.0 Å². The van der Waals surface area contributed by atoms with Gasteiger partial charge in [-0.15, -0.1) is 0 Å². The molecule has 1 unspecified atom stereocenters. The Balaban J connectivity index is 1.85. The van der Waals surface area contributed by atoms with Gasteiger partial charge in [-0.05, 0) is 47.5 Å². The van der Waals surface area contributed by atoms with Gasteiger partial charge in [0.05, 0.1) is 16.3 Å². The number of aryl methyl sites for hydroxylation is 1. The van der Waals surface area contributed by atoms with Crippen LogP contribution in [-0.2, 0) is 15.6 Å². The second kappa shape index (κ2) is 7.72. The lowest BCUT2D eigenvalue weighted by atomic mass is 9.85. The summed E-state index contributed by atoms with van der Waals surface area (Å²) < 4.78 is 30.8. The molecule has 1 aliphatic rings. The first kappa shape index (κ1) is 21.2. The molecule has 4 aromatic carbocycles. The molecule has 0 aromatic heterocycles. The Labute approximate surface area is 201 Å². The third-order valence-corrected chi connectivity index (χ3v) is 8.25. The van der Waals surface area contributed by atoms with Gasteiger partial charge in [0, 0.05) is 9.65 Å². The minimum atomic E-state index is -3.98. The topological polar surface area (TPSA) is 57.6 Å². The highest BCUT2D eigenvalue weighted by molar-refractivity contribution is 14.1. The van der Waals surface area contributed by atoms with Gasteiger partial charge < -0.3 is 5.11 Å². The first-order valence-electron chi connectivity index (χ1n) is 10.1. The van der Waals surface area contributed by atoms with Crippen LogP contribution in [0, 0.1) is 6.92 Å². The SMILES string of the molecule is Cc1ccc(S(=O)(=O)N2/C(=C/I)C(O)(c3ccccc3)c3cc4ccccc4cc32)cc1. The molecule has 0 saturated heterocycles. The van der Waals surface area contributed by atoms with Crippen LogP contribution < -0.4 is 4.31 Å². The van der Waals surface area contributed by atoms with Gasteiger partial charge in [0.1, 0.15) is 0 Å². The monoisotopic (exact) mass is 553 g/mol. The molecule has 1 aliphatic heterocycles. The van der Waals surface area contributed by atoms with Gasteiger partial charge in [-0.25, -0.2) is 12.7 Å². The van der Waals surface area contributed by atoms with Crippen molar-refractivity contribution in [3.8, 4) is 0 Å². The van der Waals surface area contributed by atoms with Crippen molar-refractivity contribution in [3.05, 3.63) is 117 Å². The normalized spacial score (nSPS) is 19.5. The average Bonchev–Trinajstić information content (AvgIpc) is 3.07. The number of rotatable bonds is 3. The van der Waals surface area contributed by atoms with Crippen molar-refractivity contribution < 1.29 is 13.5 Å². The van der Waals surface area contributed by atoms with E-state index >= 15 is 0 Å². The van der Waals surface area contributed by atoms with Gasteiger partial charge >= 0.3 is 0 Å². The summed E-state index contributed by atoms with van der Waals surface area (Å²) in [6.07, 6.45) is 0. The largest absolute Gasteiger partial charge is 0.374 e. The van der Waals surface area contributed by atoms with Crippen LogP contribution in [0.4, 0.5) is 5.69 Å². The third-order valence-electron chi connectivity index (χ3n) is 5.92. The van der Waals surface area contributed by atoms with Gasteiger partial charge in [-0.1, -0.05) is 94.9 Å². The van der Waals surface area contributed by atoms with Gasteiger partial charge in [-0.2, -0.15) is 0 Å². The summed E-state index contributed by atoms with van der Waals surface area (Å²) in [7, 11) is -3.98. The summed E-state index contributed by atoms with van der Waals surface area (Å²) in [5.41, 5.74) is 1.26. The zero-order chi connectivity index (χ0) is 22.5. The van der Waals surface area contributed by atoms with Crippen LogP contribution in [0.15, 0.2) is 106 Å². The van der Waals surface area contributed by atoms with Crippen molar-refractivity contribution in [3.63, 3.8) is 0 Å². The van der Waals surface area contributed by atoms with E-state index in [1.807, 2.05) is 96.2 Å². The Hall–Kier alpha value is -2.68. The second-order valence-corrected chi connectivity index (χ2v) is 10.3. The molecular formula is C26H20INO3S. The van der Waals surface area contributed by atoms with Crippen LogP contribution in [0.5, 0.6) is 0 Å². The fraction of sp³-hybridized carbons (Fsp3) is 0.0769. The molecule has 1 atom stereocenters. The number of benzene rings is 4. The van der Waals surface area contributed by atoms with Crippen LogP contribution in [0.25, 0.3) is 10.8 Å². The fourth-order valence-electron chi connectivity index (χ4n) is 4.28. The molecule has 4 nitrogen and oxygen atoms in total. The average molecular weight is 553 g/mol. The van der Waals surface area contributed by atoms with E-state index in [1.165, 1.54) is 4.31 Å². The van der Waals surface area contributed by atoms with Crippen LogP contribution >= 0.6 is 22.6 Å². The van der Waals surface area contributed by atoms with E-state index in [1.54, 1.807) is 28.3 Å². The predicted molar refractivity (Wildman–Crippen MR) is 136 cm³/mol. The highest BCUT2D eigenvalue weighted by Crippen LogP contribution is 2.53. The van der Waals surface area contributed by atoms with E-state index in [0.717, 1.165) is 16.3 Å². The molecular weight excluding hydrogens is 533 g/mol. The smallest absolute Gasteiger partial charge is 0.268 e. The van der Waals surface area contributed by atoms with Crippen molar-refractivity contribution in [2.45, 2.75) is 17.4 Å². The van der Waals surface area contributed by atoms with Gasteiger partial charge in [-0.3, -0.25) is 0 Å². The highest BCUT2D eigenvalue weighted by Gasteiger charge is 2.51. The molecule has 0 radical (unpaired) electrons. The maximum Gasteiger partial charge on any atom is 0.268 e. The lowest BCUT2D eigenvalue weighted by Crippen LogP contribution is -2.35. The van der Waals surface area contributed by atoms with E-state index in [2.05, 4.69) is 0 Å². The van der Waals surface area contributed by atoms with Crippen LogP contribution in [0.2, 0.25) is 0 Å². The first-order valence-corrected chi connectivity index (χ1v) is 12.8. The van der Waals surface area contributed by atoms with E-state index in [0.29, 0.717) is 16.8 Å². The Kier molecular flexibility index (Phi) is 5.11. The molecule has 0 spiro atoms. The van der Waals surface area contributed by atoms with Crippen molar-refractivity contribution in [2.24, 2.45) is 0 Å². The predicted octanol–water partition coefficient (Wildman–Crippen LogP) is 5.87. The number of aliphatic hydroxyl groups is 1. The summed E-state index contributed by atoms with van der Waals surface area (Å²) in [4.78, 5) is 0.176. The summed E-state index contributed by atoms with van der Waals surface area (Å²) >= 11 is 2.01. The van der Waals surface area contributed by atoms with Crippen molar-refractivity contribution in [1.82, 2.24) is 0 Å². The molecule has 0 saturated carbocycles. The Morgan fingerprint density at radius 3 is 2.09 bits per heavy atom. The standard InChI is InChI=1S/C26H20INO3S/c1-18-11-13-22(14-12-18)32(30,31)28-24-16-20-8-6-5-7-19(20)15-23(24)26(29,25(28)17-27)21-9-3-2-4-10-21/h2-17,29H,1H3/b25-17+. The number of hydrogen-bond acceptors (Lipinski definition) is 3. The van der Waals surface area contributed by atoms with Gasteiger partial charge in [0.2, 0.25) is 0 Å². The molecule has 5 rings (SSSR count). The summed E-state index contributed by atoms with van der Waals surface area (Å²) in [5, 5.41) is 14.0. The Morgan fingerprint density at radius 2 is 1.47 bits per heavy atom. The summed E-state index contributed by atoms with van der Waals surface area (Å²) in [6.45, 7) is 1.91. The highest BCUT2D eigenvalue weighted by atomic mass is 127. The van der Waals surface area contributed by atoms with Crippen LogP contribution in [0.1, 0.15) is 16.7 Å². The zero-order valence-electron chi connectivity index (χ0n) is 17.2. The Bertz CT molecular complexity index is 1460. The van der Waals surface area contributed by atoms with Gasteiger partial charge in [0.15, 0.2) is 5.60 Å². The second-order valence-electron chi connectivity index (χ2n) is 7.87. The summed E-state index contributed by atoms with van der Waals surface area (Å²) in [6, 6.07) is 27.5. The fourth-order valence-corrected chi connectivity index (χ4v) is 6.74. The first-order chi connectivity index (χ1) is 15.4. The van der Waals surface area contributed by atoms with Crippen molar-refractivity contribution in [1.29, 1.82) is 0 Å². The maximum atomic E-state index is 13.9. The minimum Gasteiger partial charge on any atom is -0.374 e. The molecule has 32 heavy (non-hydrogen) atoms. The number of hydrogen-bond donors (Lipinski definition) is 1. The number of sulfonamides is 1. The molecule has 0 aliphatic carbocycles. The van der Waals surface area contributed by atoms with E-state index in [4.69, 9.17) is 0 Å². The molecule has 0 fully saturated rings. The molecule has 0 bridgehead atoms. The molecule has 6 heteroatoms. The maximum absolute atomic E-state index is 13.9. The molecule has 160 valence electrons. The van der Waals surface area contributed by atoms with Crippen LogP contribution in [0.3, 0.4) is 0 Å². The molecule has 0 amide bonds. The third kappa shape index (κ3) is 3.09. The summed E-state index contributed by atoms with van der Waals surface area (Å²) in [5.74, 6) is 0. The number of fused-ring (bicyclic) bond motifs is 2. The molecule has 4 aromatic rings. The quantitative estimate of drug-likeness (QED) is 0.323. The van der Waals surface area contributed by atoms with Crippen molar-refractivity contribution in [2.75, 3.05) is 4.31 Å².